The van der Waals surface area contributed by atoms with Crippen LogP contribution in [0.5, 0.6) is 0 Å². The third-order valence-electron chi connectivity index (χ3n) is 0.685. The summed E-state index contributed by atoms with van der Waals surface area (Å²) in [7, 11) is 0. The van der Waals surface area contributed by atoms with Gasteiger partial charge in [0.25, 0.3) is 0 Å². The van der Waals surface area contributed by atoms with E-state index in [0.717, 1.165) is 0 Å². The maximum Gasteiger partial charge on any atom is 0.182 e. The van der Waals surface area contributed by atoms with Gasteiger partial charge in [-0.25, -0.2) is 4.21 Å². The molecule has 0 amide bonds. The molecule has 0 saturated carbocycles. The fourth-order valence-corrected chi connectivity index (χ4v) is 0.545. The molecule has 0 aromatic rings. The van der Waals surface area contributed by atoms with Crippen LogP contribution < -0.4 is 0 Å². The Hall–Kier alpha value is 0.0700. The smallest absolute Gasteiger partial charge is 0.182 e. The summed E-state index contributed by atoms with van der Waals surface area (Å²) in [5.41, 5.74) is -0.556. The topological polar surface area (TPSA) is 46.5 Å². The average molecular weight is 138 g/mol. The van der Waals surface area contributed by atoms with Crippen LogP contribution in [0.15, 0.2) is 0 Å². The molecular formula is C4H10O3S. The van der Waals surface area contributed by atoms with E-state index in [1.807, 2.05) is 0 Å². The lowest BCUT2D eigenvalue weighted by Gasteiger charge is -2.04. The summed E-state index contributed by atoms with van der Waals surface area (Å²) in [6.45, 7) is 3.82. The summed E-state index contributed by atoms with van der Waals surface area (Å²) >= 11 is -1.83. The SMILES string of the molecule is CCOC(C)S(=O)O. The second-order valence-corrected chi connectivity index (χ2v) is 2.52. The zero-order valence-electron chi connectivity index (χ0n) is 4.96. The zero-order valence-corrected chi connectivity index (χ0v) is 5.77. The summed E-state index contributed by atoms with van der Waals surface area (Å²) in [6.07, 6.45) is 0. The summed E-state index contributed by atoms with van der Waals surface area (Å²) in [5.74, 6) is 0. The van der Waals surface area contributed by atoms with E-state index >= 15 is 0 Å². The highest BCUT2D eigenvalue weighted by Gasteiger charge is 2.04. The number of hydrogen-bond acceptors (Lipinski definition) is 2. The van der Waals surface area contributed by atoms with Gasteiger partial charge < -0.3 is 9.29 Å². The van der Waals surface area contributed by atoms with Crippen molar-refractivity contribution in [1.29, 1.82) is 0 Å². The minimum absolute atomic E-state index is 0.480. The van der Waals surface area contributed by atoms with Crippen LogP contribution >= 0.6 is 0 Å². The Bertz CT molecular complexity index is 83.4. The Balaban J connectivity index is 3.32. The van der Waals surface area contributed by atoms with E-state index in [9.17, 15) is 4.21 Å². The standard InChI is InChI=1S/C4H10O3S/c1-3-7-4(2)8(5)6/h4H,3H2,1-2H3,(H,5,6). The van der Waals surface area contributed by atoms with Gasteiger partial charge in [0, 0.05) is 6.61 Å². The molecule has 0 aromatic heterocycles. The fourth-order valence-electron chi connectivity index (χ4n) is 0.293. The summed E-state index contributed by atoms with van der Waals surface area (Å²) in [6, 6.07) is 0. The second kappa shape index (κ2) is 4.00. The molecule has 0 aliphatic carbocycles. The van der Waals surface area contributed by atoms with E-state index in [2.05, 4.69) is 0 Å². The van der Waals surface area contributed by atoms with Gasteiger partial charge in [0.2, 0.25) is 0 Å². The van der Waals surface area contributed by atoms with Crippen molar-refractivity contribution in [2.24, 2.45) is 0 Å². The molecule has 0 aromatic carbocycles. The maximum absolute atomic E-state index is 10.1. The van der Waals surface area contributed by atoms with Gasteiger partial charge >= 0.3 is 0 Å². The van der Waals surface area contributed by atoms with Crippen molar-refractivity contribution >= 4 is 11.1 Å². The van der Waals surface area contributed by atoms with Gasteiger partial charge in [0.05, 0.1) is 0 Å². The Kier molecular flexibility index (Phi) is 4.03. The Labute approximate surface area is 51.3 Å². The first-order valence-electron chi connectivity index (χ1n) is 2.39. The summed E-state index contributed by atoms with van der Waals surface area (Å²) in [5, 5.41) is 0. The van der Waals surface area contributed by atoms with E-state index in [0.29, 0.717) is 6.61 Å². The normalized spacial score (nSPS) is 17.9. The van der Waals surface area contributed by atoms with Gasteiger partial charge in [0.15, 0.2) is 16.5 Å². The minimum Gasteiger partial charge on any atom is -0.363 e. The van der Waals surface area contributed by atoms with Crippen LogP contribution in [0.2, 0.25) is 0 Å². The van der Waals surface area contributed by atoms with Crippen LogP contribution in [0.4, 0.5) is 0 Å². The van der Waals surface area contributed by atoms with E-state index < -0.39 is 16.5 Å². The van der Waals surface area contributed by atoms with Crippen molar-refractivity contribution < 1.29 is 13.5 Å². The second-order valence-electron chi connectivity index (χ2n) is 1.30. The van der Waals surface area contributed by atoms with Crippen molar-refractivity contribution in [2.45, 2.75) is 19.3 Å². The third-order valence-corrected chi connectivity index (χ3v) is 1.39. The zero-order chi connectivity index (χ0) is 6.57. The molecule has 0 aliphatic heterocycles. The fraction of sp³-hybridized carbons (Fsp3) is 1.00. The number of rotatable bonds is 3. The van der Waals surface area contributed by atoms with Crippen LogP contribution in [0.3, 0.4) is 0 Å². The molecule has 0 saturated heterocycles. The first kappa shape index (κ1) is 8.07. The highest BCUT2D eigenvalue weighted by Crippen LogP contribution is 1.92. The molecule has 0 spiro atoms. The van der Waals surface area contributed by atoms with Crippen molar-refractivity contribution in [3.05, 3.63) is 0 Å². The largest absolute Gasteiger partial charge is 0.363 e. The van der Waals surface area contributed by atoms with Gasteiger partial charge in [-0.2, -0.15) is 0 Å². The van der Waals surface area contributed by atoms with Crippen LogP contribution in [0.25, 0.3) is 0 Å². The van der Waals surface area contributed by atoms with E-state index in [4.69, 9.17) is 9.29 Å². The average Bonchev–Trinajstić information content (AvgIpc) is 1.67. The lowest BCUT2D eigenvalue weighted by atomic mass is 10.8. The quantitative estimate of drug-likeness (QED) is 0.580. The molecular weight excluding hydrogens is 128 g/mol. The van der Waals surface area contributed by atoms with Crippen LogP contribution in [0, 0.1) is 0 Å². The van der Waals surface area contributed by atoms with Crippen molar-refractivity contribution in [3.63, 3.8) is 0 Å². The van der Waals surface area contributed by atoms with Crippen LogP contribution in [0.1, 0.15) is 13.8 Å². The highest BCUT2D eigenvalue weighted by molar-refractivity contribution is 7.79. The highest BCUT2D eigenvalue weighted by atomic mass is 32.2. The van der Waals surface area contributed by atoms with Crippen LogP contribution in [-0.2, 0) is 15.8 Å². The van der Waals surface area contributed by atoms with Crippen molar-refractivity contribution in [1.82, 2.24) is 0 Å². The molecule has 50 valence electrons. The number of hydrogen-bond donors (Lipinski definition) is 1. The molecule has 0 fully saturated rings. The molecule has 1 N–H and O–H groups in total. The first-order chi connectivity index (χ1) is 3.68. The predicted octanol–water partition coefficient (Wildman–Crippen LogP) is 0.591. The molecule has 0 radical (unpaired) electrons. The number of ether oxygens (including phenoxy) is 1. The predicted molar refractivity (Wildman–Crippen MR) is 31.9 cm³/mol. The molecule has 2 atom stereocenters. The molecule has 0 bridgehead atoms. The van der Waals surface area contributed by atoms with E-state index in [-0.39, 0.29) is 0 Å². The Morgan fingerprint density at radius 3 is 2.50 bits per heavy atom. The Morgan fingerprint density at radius 1 is 1.88 bits per heavy atom. The van der Waals surface area contributed by atoms with Gasteiger partial charge in [-0.05, 0) is 13.8 Å². The van der Waals surface area contributed by atoms with Gasteiger partial charge in [-0.3, -0.25) is 0 Å². The van der Waals surface area contributed by atoms with Gasteiger partial charge in [0.1, 0.15) is 0 Å². The lowest BCUT2D eigenvalue weighted by Crippen LogP contribution is -2.13. The Morgan fingerprint density at radius 2 is 2.38 bits per heavy atom. The molecule has 0 aliphatic rings. The third kappa shape index (κ3) is 3.12. The molecule has 3 nitrogen and oxygen atoms in total. The van der Waals surface area contributed by atoms with Gasteiger partial charge in [-0.15, -0.1) is 0 Å². The molecule has 0 rings (SSSR count). The monoisotopic (exact) mass is 138 g/mol. The molecule has 4 heteroatoms. The van der Waals surface area contributed by atoms with Crippen molar-refractivity contribution in [3.8, 4) is 0 Å². The van der Waals surface area contributed by atoms with Crippen molar-refractivity contribution in [2.75, 3.05) is 6.61 Å². The van der Waals surface area contributed by atoms with E-state index in [1.165, 1.54) is 0 Å². The van der Waals surface area contributed by atoms with Gasteiger partial charge in [-0.1, -0.05) is 0 Å². The molecule has 8 heavy (non-hydrogen) atoms. The lowest BCUT2D eigenvalue weighted by molar-refractivity contribution is 0.128. The van der Waals surface area contributed by atoms with E-state index in [1.54, 1.807) is 13.8 Å². The summed E-state index contributed by atoms with van der Waals surface area (Å²) < 4.78 is 23.1. The minimum atomic E-state index is -1.83. The first-order valence-corrected chi connectivity index (χ1v) is 3.56. The van der Waals surface area contributed by atoms with Crippen LogP contribution in [-0.4, -0.2) is 20.8 Å². The molecule has 2 unspecified atom stereocenters. The maximum atomic E-state index is 10.1. The molecule has 0 heterocycles. The summed E-state index contributed by atoms with van der Waals surface area (Å²) in [4.78, 5) is 0.